The van der Waals surface area contributed by atoms with Crippen LogP contribution in [0.4, 0.5) is 19.0 Å². The van der Waals surface area contributed by atoms with Crippen LogP contribution in [0.25, 0.3) is 0 Å². The van der Waals surface area contributed by atoms with Crippen LogP contribution in [0.15, 0.2) is 18.2 Å². The maximum atomic E-state index is 12.5. The smallest absolute Gasteiger partial charge is 0.360 e. The summed E-state index contributed by atoms with van der Waals surface area (Å²) in [5.74, 6) is 0.365. The Bertz CT molecular complexity index is 369. The summed E-state index contributed by atoms with van der Waals surface area (Å²) in [7, 11) is 1.76. The molecule has 0 radical (unpaired) electrons. The number of halogens is 4. The molecule has 0 saturated carbocycles. The third-order valence-electron chi connectivity index (χ3n) is 2.54. The van der Waals surface area contributed by atoms with E-state index in [1.165, 1.54) is 6.07 Å². The van der Waals surface area contributed by atoms with E-state index < -0.39 is 11.9 Å². The summed E-state index contributed by atoms with van der Waals surface area (Å²) in [6.45, 7) is 0.710. The van der Waals surface area contributed by atoms with Gasteiger partial charge in [0.1, 0.15) is 11.5 Å². The molecule has 6 heteroatoms. The van der Waals surface area contributed by atoms with Crippen LogP contribution in [0.3, 0.4) is 0 Å². The zero-order valence-electron chi connectivity index (χ0n) is 10.2. The molecule has 0 spiro atoms. The molecule has 0 bridgehead atoms. The van der Waals surface area contributed by atoms with Crippen LogP contribution in [0.1, 0.15) is 25.0 Å². The van der Waals surface area contributed by atoms with Gasteiger partial charge >= 0.3 is 6.18 Å². The van der Waals surface area contributed by atoms with Gasteiger partial charge in [0, 0.05) is 18.9 Å². The minimum absolute atomic E-state index is 0.365. The molecule has 0 amide bonds. The molecule has 0 aromatic carbocycles. The first kappa shape index (κ1) is 15.3. The maximum absolute atomic E-state index is 12.5. The molecular weight excluding hydrogens is 309 g/mol. The number of unbranched alkanes of at least 4 members (excludes halogenated alkanes) is 2. The Kier molecular flexibility index (Phi) is 5.91. The van der Waals surface area contributed by atoms with Crippen molar-refractivity contribution in [3.63, 3.8) is 0 Å². The van der Waals surface area contributed by atoms with Gasteiger partial charge in [-0.05, 0) is 25.0 Å². The van der Waals surface area contributed by atoms with Crippen molar-refractivity contribution < 1.29 is 13.2 Å². The van der Waals surface area contributed by atoms with Crippen LogP contribution in [0.2, 0.25) is 0 Å². The van der Waals surface area contributed by atoms with Gasteiger partial charge in [-0.2, -0.15) is 13.2 Å². The van der Waals surface area contributed by atoms with E-state index in [0.29, 0.717) is 12.4 Å². The molecule has 2 nitrogen and oxygen atoms in total. The normalized spacial score (nSPS) is 11.6. The molecule has 1 rings (SSSR count). The molecule has 0 unspecified atom stereocenters. The molecule has 102 valence electrons. The van der Waals surface area contributed by atoms with Crippen molar-refractivity contribution in [1.82, 2.24) is 4.98 Å². The molecule has 1 aromatic heterocycles. The van der Waals surface area contributed by atoms with Crippen molar-refractivity contribution in [1.29, 1.82) is 0 Å². The van der Waals surface area contributed by atoms with E-state index in [1.807, 2.05) is 0 Å². The van der Waals surface area contributed by atoms with Crippen LogP contribution in [0.5, 0.6) is 0 Å². The lowest BCUT2D eigenvalue weighted by molar-refractivity contribution is -0.141. The van der Waals surface area contributed by atoms with Crippen LogP contribution < -0.4 is 4.90 Å². The second kappa shape index (κ2) is 6.97. The van der Waals surface area contributed by atoms with Gasteiger partial charge in [-0.3, -0.25) is 0 Å². The van der Waals surface area contributed by atoms with Gasteiger partial charge < -0.3 is 4.90 Å². The van der Waals surface area contributed by atoms with Gasteiger partial charge in [0.05, 0.1) is 0 Å². The summed E-state index contributed by atoms with van der Waals surface area (Å²) in [4.78, 5) is 5.39. The Morgan fingerprint density at radius 1 is 1.22 bits per heavy atom. The van der Waals surface area contributed by atoms with E-state index in [9.17, 15) is 13.2 Å². The maximum Gasteiger partial charge on any atom is 0.433 e. The minimum atomic E-state index is -4.38. The average Bonchev–Trinajstić information content (AvgIpc) is 2.33. The summed E-state index contributed by atoms with van der Waals surface area (Å²) in [5.41, 5.74) is -0.840. The first-order valence-corrected chi connectivity index (χ1v) is 6.88. The highest BCUT2D eigenvalue weighted by Gasteiger charge is 2.32. The number of hydrogen-bond donors (Lipinski definition) is 0. The van der Waals surface area contributed by atoms with Gasteiger partial charge in [-0.1, -0.05) is 28.4 Å². The quantitative estimate of drug-likeness (QED) is 0.578. The van der Waals surface area contributed by atoms with Crippen molar-refractivity contribution in [2.24, 2.45) is 0 Å². The van der Waals surface area contributed by atoms with Gasteiger partial charge in [0.15, 0.2) is 0 Å². The van der Waals surface area contributed by atoms with Crippen LogP contribution >= 0.6 is 15.9 Å². The van der Waals surface area contributed by atoms with E-state index in [0.717, 1.165) is 30.7 Å². The predicted molar refractivity (Wildman–Crippen MR) is 70.2 cm³/mol. The highest BCUT2D eigenvalue weighted by molar-refractivity contribution is 9.09. The molecule has 0 aliphatic rings. The van der Waals surface area contributed by atoms with Crippen LogP contribution in [-0.2, 0) is 6.18 Å². The average molecular weight is 325 g/mol. The van der Waals surface area contributed by atoms with Gasteiger partial charge in [-0.25, -0.2) is 4.98 Å². The summed E-state index contributed by atoms with van der Waals surface area (Å²) in [6, 6.07) is 3.97. The number of anilines is 1. The zero-order valence-corrected chi connectivity index (χ0v) is 11.8. The van der Waals surface area contributed by atoms with Gasteiger partial charge in [-0.15, -0.1) is 0 Å². The lowest BCUT2D eigenvalue weighted by Crippen LogP contribution is -2.21. The lowest BCUT2D eigenvalue weighted by Gasteiger charge is -2.19. The van der Waals surface area contributed by atoms with E-state index in [1.54, 1.807) is 18.0 Å². The number of alkyl halides is 4. The highest BCUT2D eigenvalue weighted by Crippen LogP contribution is 2.28. The Hall–Kier alpha value is -0.780. The number of hydrogen-bond acceptors (Lipinski definition) is 2. The first-order chi connectivity index (χ1) is 8.45. The highest BCUT2D eigenvalue weighted by atomic mass is 79.9. The summed E-state index contributed by atoms with van der Waals surface area (Å²) in [5, 5.41) is 0.957. The standard InChI is InChI=1S/C12H16BrF3N2/c1-18(9-4-2-3-8-13)11-7-5-6-10(17-11)12(14,15)16/h5-7H,2-4,8-9H2,1H3. The zero-order chi connectivity index (χ0) is 13.6. The largest absolute Gasteiger partial charge is 0.433 e. The van der Waals surface area contributed by atoms with Crippen molar-refractivity contribution in [3.8, 4) is 0 Å². The molecule has 0 saturated heterocycles. The summed E-state index contributed by atoms with van der Waals surface area (Å²) in [6.07, 6.45) is -1.31. The second-order valence-corrected chi connectivity index (χ2v) is 4.84. The molecule has 1 heterocycles. The summed E-state index contributed by atoms with van der Waals surface area (Å²) < 4.78 is 37.5. The van der Waals surface area contributed by atoms with Crippen LogP contribution in [0, 0.1) is 0 Å². The second-order valence-electron chi connectivity index (χ2n) is 4.05. The van der Waals surface area contributed by atoms with E-state index in [4.69, 9.17) is 0 Å². The molecule has 1 aromatic rings. The van der Waals surface area contributed by atoms with Gasteiger partial charge in [0.2, 0.25) is 0 Å². The van der Waals surface area contributed by atoms with Crippen molar-refractivity contribution >= 4 is 21.7 Å². The Labute approximate surface area is 113 Å². The number of nitrogens with zero attached hydrogens (tertiary/aromatic N) is 2. The third-order valence-corrected chi connectivity index (χ3v) is 3.10. The molecule has 0 aliphatic carbocycles. The summed E-state index contributed by atoms with van der Waals surface area (Å²) >= 11 is 3.34. The third kappa shape index (κ3) is 4.84. The Morgan fingerprint density at radius 2 is 1.94 bits per heavy atom. The fourth-order valence-electron chi connectivity index (χ4n) is 1.53. The number of pyridine rings is 1. The van der Waals surface area contributed by atoms with Crippen molar-refractivity contribution in [2.45, 2.75) is 25.4 Å². The monoisotopic (exact) mass is 324 g/mol. The van der Waals surface area contributed by atoms with E-state index in [-0.39, 0.29) is 0 Å². The lowest BCUT2D eigenvalue weighted by atomic mass is 10.2. The number of rotatable bonds is 6. The topological polar surface area (TPSA) is 16.1 Å². The molecule has 18 heavy (non-hydrogen) atoms. The minimum Gasteiger partial charge on any atom is -0.360 e. The van der Waals surface area contributed by atoms with Crippen molar-refractivity contribution in [3.05, 3.63) is 23.9 Å². The molecule has 0 fully saturated rings. The SMILES string of the molecule is CN(CCCCCBr)c1cccc(C(F)(F)F)n1. The Morgan fingerprint density at radius 3 is 2.56 bits per heavy atom. The first-order valence-electron chi connectivity index (χ1n) is 5.76. The van der Waals surface area contributed by atoms with Crippen LogP contribution in [-0.4, -0.2) is 23.9 Å². The Balaban J connectivity index is 2.60. The molecule has 0 N–H and O–H groups in total. The van der Waals surface area contributed by atoms with Crippen molar-refractivity contribution in [2.75, 3.05) is 23.8 Å². The predicted octanol–water partition coefficient (Wildman–Crippen LogP) is 4.10. The number of aromatic nitrogens is 1. The molecular formula is C12H16BrF3N2. The fourth-order valence-corrected chi connectivity index (χ4v) is 1.93. The van der Waals surface area contributed by atoms with E-state index in [2.05, 4.69) is 20.9 Å². The fraction of sp³-hybridized carbons (Fsp3) is 0.583. The molecule has 0 atom stereocenters. The van der Waals surface area contributed by atoms with E-state index >= 15 is 0 Å². The van der Waals surface area contributed by atoms with Gasteiger partial charge in [0.25, 0.3) is 0 Å². The molecule has 0 aliphatic heterocycles.